The van der Waals surface area contributed by atoms with Gasteiger partial charge in [0.1, 0.15) is 11.5 Å². The summed E-state index contributed by atoms with van der Waals surface area (Å²) in [5, 5.41) is 2.02. The molecule has 0 saturated carbocycles. The van der Waals surface area contributed by atoms with Gasteiger partial charge in [0.2, 0.25) is 0 Å². The summed E-state index contributed by atoms with van der Waals surface area (Å²) < 4.78 is 5.02. The van der Waals surface area contributed by atoms with Crippen LogP contribution < -0.4 is 4.74 Å². The second-order valence-corrected chi connectivity index (χ2v) is 4.32. The molecule has 0 saturated heterocycles. The van der Waals surface area contributed by atoms with Crippen LogP contribution in [0.1, 0.15) is 47.1 Å². The minimum atomic E-state index is -0.331. The van der Waals surface area contributed by atoms with Crippen molar-refractivity contribution in [1.82, 2.24) is 0 Å². The van der Waals surface area contributed by atoms with Crippen LogP contribution in [0.5, 0.6) is 5.75 Å². The van der Waals surface area contributed by atoms with Crippen molar-refractivity contribution in [1.29, 1.82) is 0 Å². The van der Waals surface area contributed by atoms with Crippen LogP contribution in [0.4, 0.5) is 0 Å². The van der Waals surface area contributed by atoms with Gasteiger partial charge < -0.3 is 4.74 Å². The van der Waals surface area contributed by atoms with E-state index in [1.54, 1.807) is 13.0 Å². The van der Waals surface area contributed by atoms with Crippen molar-refractivity contribution < 1.29 is 14.3 Å². The van der Waals surface area contributed by atoms with E-state index in [-0.39, 0.29) is 11.8 Å². The van der Waals surface area contributed by atoms with E-state index in [1.807, 2.05) is 58.0 Å². The van der Waals surface area contributed by atoms with Gasteiger partial charge in [0.25, 0.3) is 0 Å². The Balaban J connectivity index is 0.00000102. The Labute approximate surface area is 133 Å². The predicted molar refractivity (Wildman–Crippen MR) is 92.3 cm³/mol. The van der Waals surface area contributed by atoms with Crippen molar-refractivity contribution in [2.45, 2.75) is 48.0 Å². The Kier molecular flexibility index (Phi) is 9.51. The second kappa shape index (κ2) is 10.6. The minimum Gasteiger partial charge on any atom is -0.427 e. The van der Waals surface area contributed by atoms with Crippen LogP contribution in [0, 0.1) is 0 Å². The number of carbonyl (C=O) groups excluding carboxylic acids is 2. The molecule has 0 N–H and O–H groups in total. The molecule has 3 nitrogen and oxygen atoms in total. The van der Waals surface area contributed by atoms with Gasteiger partial charge in [-0.25, -0.2) is 0 Å². The summed E-state index contributed by atoms with van der Waals surface area (Å²) in [7, 11) is 0. The second-order valence-electron chi connectivity index (χ2n) is 4.32. The molecular weight excluding hydrogens is 276 g/mol. The van der Waals surface area contributed by atoms with Gasteiger partial charge in [-0.3, -0.25) is 9.59 Å². The lowest BCUT2D eigenvalue weighted by Crippen LogP contribution is -2.01. The maximum absolute atomic E-state index is 11.1. The number of Topliss-reactive ketones (excluding diaryl/α,β-unsaturated/α-hetero) is 1. The molecular formula is C19H26O3. The van der Waals surface area contributed by atoms with Gasteiger partial charge in [-0.15, -0.1) is 0 Å². The van der Waals surface area contributed by atoms with Gasteiger partial charge in [-0.2, -0.15) is 0 Å². The number of benzene rings is 2. The molecule has 0 radical (unpaired) electrons. The van der Waals surface area contributed by atoms with Gasteiger partial charge in [0.15, 0.2) is 0 Å². The summed E-state index contributed by atoms with van der Waals surface area (Å²) >= 11 is 0. The Morgan fingerprint density at radius 2 is 1.41 bits per heavy atom. The summed E-state index contributed by atoms with van der Waals surface area (Å²) in [6.45, 7) is 11.0. The van der Waals surface area contributed by atoms with E-state index in [1.165, 1.54) is 6.92 Å². The molecule has 0 atom stereocenters. The zero-order chi connectivity index (χ0) is 17.1. The normalized spacial score (nSPS) is 9.00. The van der Waals surface area contributed by atoms with Crippen LogP contribution in [-0.4, -0.2) is 11.8 Å². The van der Waals surface area contributed by atoms with Crippen molar-refractivity contribution in [3.8, 4) is 5.75 Å². The first-order valence-electron chi connectivity index (χ1n) is 7.75. The molecule has 120 valence electrons. The Morgan fingerprint density at radius 1 is 0.864 bits per heavy atom. The first-order chi connectivity index (χ1) is 10.5. The molecule has 0 aromatic heterocycles. The van der Waals surface area contributed by atoms with Crippen molar-refractivity contribution in [3.63, 3.8) is 0 Å². The first-order valence-corrected chi connectivity index (χ1v) is 7.75. The van der Waals surface area contributed by atoms with Crippen LogP contribution in [0.2, 0.25) is 0 Å². The van der Waals surface area contributed by atoms with E-state index in [4.69, 9.17) is 4.74 Å². The molecule has 0 unspecified atom stereocenters. The third-order valence-corrected chi connectivity index (χ3v) is 2.59. The number of esters is 1. The van der Waals surface area contributed by atoms with Crippen molar-refractivity contribution in [2.75, 3.05) is 0 Å². The van der Waals surface area contributed by atoms with Gasteiger partial charge in [0.05, 0.1) is 0 Å². The number of fused-ring (bicyclic) bond motifs is 1. The highest BCUT2D eigenvalue weighted by atomic mass is 16.5. The molecule has 2 rings (SSSR count). The number of rotatable bonds is 3. The highest BCUT2D eigenvalue weighted by Gasteiger charge is 2.03. The highest BCUT2D eigenvalue weighted by molar-refractivity contribution is 5.87. The number of hydrogen-bond donors (Lipinski definition) is 0. The molecule has 0 aliphatic heterocycles. The molecule has 22 heavy (non-hydrogen) atoms. The van der Waals surface area contributed by atoms with Crippen molar-refractivity contribution in [2.24, 2.45) is 0 Å². The fourth-order valence-corrected chi connectivity index (χ4v) is 1.90. The SMILES string of the molecule is CC.CC.CC(=O)Cc1ccc2cc(OC(C)=O)ccc2c1. The van der Waals surface area contributed by atoms with Crippen LogP contribution in [0.15, 0.2) is 36.4 Å². The molecule has 2 aromatic carbocycles. The Bertz CT molecular complexity index is 560. The van der Waals surface area contributed by atoms with Crippen LogP contribution >= 0.6 is 0 Å². The summed E-state index contributed by atoms with van der Waals surface area (Å²) in [5.74, 6) is 0.350. The molecule has 3 heteroatoms. The van der Waals surface area contributed by atoms with Crippen LogP contribution in [0.3, 0.4) is 0 Å². The smallest absolute Gasteiger partial charge is 0.308 e. The molecule has 0 bridgehead atoms. The van der Waals surface area contributed by atoms with E-state index in [2.05, 4.69) is 0 Å². The number of ether oxygens (including phenoxy) is 1. The fraction of sp³-hybridized carbons (Fsp3) is 0.368. The Hall–Kier alpha value is -2.16. The largest absolute Gasteiger partial charge is 0.427 e. The standard InChI is InChI=1S/C15H14O3.2C2H6/c1-10(16)7-12-3-4-14-9-15(18-11(2)17)6-5-13(14)8-12;2*1-2/h3-6,8-9H,7H2,1-2H3;2*1-2H3. The van der Waals surface area contributed by atoms with Crippen LogP contribution in [-0.2, 0) is 16.0 Å². The maximum Gasteiger partial charge on any atom is 0.308 e. The van der Waals surface area contributed by atoms with Crippen LogP contribution in [0.25, 0.3) is 10.8 Å². The number of ketones is 1. The summed E-state index contributed by atoms with van der Waals surface area (Å²) in [5.41, 5.74) is 0.996. The van der Waals surface area contributed by atoms with E-state index in [0.29, 0.717) is 12.2 Å². The monoisotopic (exact) mass is 302 g/mol. The lowest BCUT2D eigenvalue weighted by molar-refractivity contribution is -0.131. The summed E-state index contributed by atoms with van der Waals surface area (Å²) in [6, 6.07) is 11.3. The molecule has 0 heterocycles. The lowest BCUT2D eigenvalue weighted by Gasteiger charge is -2.05. The van der Waals surface area contributed by atoms with Crippen molar-refractivity contribution >= 4 is 22.5 Å². The molecule has 2 aromatic rings. The third kappa shape index (κ3) is 6.53. The third-order valence-electron chi connectivity index (χ3n) is 2.59. The highest BCUT2D eigenvalue weighted by Crippen LogP contribution is 2.22. The van der Waals surface area contributed by atoms with E-state index >= 15 is 0 Å². The molecule has 0 fully saturated rings. The molecule has 0 aliphatic rings. The lowest BCUT2D eigenvalue weighted by atomic mass is 10.0. The zero-order valence-electron chi connectivity index (χ0n) is 14.4. The van der Waals surface area contributed by atoms with E-state index in [0.717, 1.165) is 16.3 Å². The van der Waals surface area contributed by atoms with Gasteiger partial charge >= 0.3 is 5.97 Å². The topological polar surface area (TPSA) is 43.4 Å². The fourth-order valence-electron chi connectivity index (χ4n) is 1.90. The maximum atomic E-state index is 11.1. The van der Waals surface area contributed by atoms with Gasteiger partial charge in [-0.05, 0) is 35.4 Å². The minimum absolute atomic E-state index is 0.144. The van der Waals surface area contributed by atoms with Crippen molar-refractivity contribution in [3.05, 3.63) is 42.0 Å². The molecule has 0 spiro atoms. The zero-order valence-corrected chi connectivity index (χ0v) is 14.4. The average molecular weight is 302 g/mol. The quantitative estimate of drug-likeness (QED) is 0.595. The molecule has 0 amide bonds. The molecule has 0 aliphatic carbocycles. The van der Waals surface area contributed by atoms with E-state index < -0.39 is 0 Å². The first kappa shape index (κ1) is 19.8. The Morgan fingerprint density at radius 3 is 1.95 bits per heavy atom. The summed E-state index contributed by atoms with van der Waals surface area (Å²) in [4.78, 5) is 21.9. The van der Waals surface area contributed by atoms with Gasteiger partial charge in [0, 0.05) is 13.3 Å². The predicted octanol–water partition coefficient (Wildman–Crippen LogP) is 4.95. The number of hydrogen-bond acceptors (Lipinski definition) is 3. The average Bonchev–Trinajstić information content (AvgIpc) is 2.50. The van der Waals surface area contributed by atoms with E-state index in [9.17, 15) is 9.59 Å². The number of carbonyl (C=O) groups is 2. The van der Waals surface area contributed by atoms with Gasteiger partial charge in [-0.1, -0.05) is 52.0 Å². The summed E-state index contributed by atoms with van der Waals surface area (Å²) in [6.07, 6.45) is 0.446.